The summed E-state index contributed by atoms with van der Waals surface area (Å²) in [5, 5.41) is 5.84. The number of para-hydroxylation sites is 2. The van der Waals surface area contributed by atoms with Gasteiger partial charge in [0, 0.05) is 60.7 Å². The Kier molecular flexibility index (Phi) is 7.98. The first-order valence-corrected chi connectivity index (χ1v) is 21.8. The third kappa shape index (κ3) is 5.78. The van der Waals surface area contributed by atoms with Crippen LogP contribution in [0.1, 0.15) is 0 Å². The van der Waals surface area contributed by atoms with Crippen molar-refractivity contribution >= 4 is 75.3 Å². The van der Waals surface area contributed by atoms with E-state index in [4.69, 9.17) is 19.9 Å². The fourth-order valence-electron chi connectivity index (χ4n) is 9.33. The summed E-state index contributed by atoms with van der Waals surface area (Å²) in [5.41, 5.74) is 14.7. The van der Waals surface area contributed by atoms with Gasteiger partial charge in [-0.15, -0.1) is 11.3 Å². The molecule has 0 fully saturated rings. The smallest absolute Gasteiger partial charge is 0.235 e. The van der Waals surface area contributed by atoms with Crippen LogP contribution in [0.5, 0.6) is 0 Å². The summed E-state index contributed by atoms with van der Waals surface area (Å²) in [6.07, 6.45) is 5.80. The average Bonchev–Trinajstić information content (AvgIpc) is 4.01. The molecular formula is C56H34N6S. The van der Waals surface area contributed by atoms with Crippen LogP contribution in [0, 0.1) is 0 Å². The summed E-state index contributed by atoms with van der Waals surface area (Å²) >= 11 is 1.78. The number of thiophene rings is 1. The maximum Gasteiger partial charge on any atom is 0.235 e. The first kappa shape index (κ1) is 35.5. The van der Waals surface area contributed by atoms with Crippen LogP contribution in [-0.2, 0) is 0 Å². The molecule has 6 aromatic heterocycles. The topological polar surface area (TPSA) is 61.4 Å². The quantitative estimate of drug-likeness (QED) is 0.168. The maximum absolute atomic E-state index is 5.27. The summed E-state index contributed by atoms with van der Waals surface area (Å²) in [6, 6.07) is 66.7. The fourth-order valence-corrected chi connectivity index (χ4v) is 10.4. The van der Waals surface area contributed by atoms with Crippen LogP contribution in [0.25, 0.3) is 120 Å². The van der Waals surface area contributed by atoms with Gasteiger partial charge in [-0.25, -0.2) is 9.97 Å². The van der Waals surface area contributed by atoms with E-state index in [-0.39, 0.29) is 0 Å². The molecule has 0 radical (unpaired) electrons. The molecule has 0 amide bonds. The van der Waals surface area contributed by atoms with Gasteiger partial charge in [-0.05, 0) is 83.4 Å². The number of fused-ring (bicyclic) bond motifs is 9. The van der Waals surface area contributed by atoms with Crippen molar-refractivity contribution in [1.82, 2.24) is 29.1 Å². The Bertz CT molecular complexity index is 3860. The van der Waals surface area contributed by atoms with Gasteiger partial charge in [-0.2, -0.15) is 0 Å². The third-order valence-corrected chi connectivity index (χ3v) is 13.4. The van der Waals surface area contributed by atoms with Crippen LogP contribution in [0.3, 0.4) is 0 Å². The molecule has 0 bridgehead atoms. The van der Waals surface area contributed by atoms with Crippen LogP contribution in [0.2, 0.25) is 0 Å². The van der Waals surface area contributed by atoms with Crippen molar-refractivity contribution in [2.75, 3.05) is 0 Å². The number of hydrogen-bond acceptors (Lipinski definition) is 5. The van der Waals surface area contributed by atoms with Gasteiger partial charge in [-0.1, -0.05) is 121 Å². The van der Waals surface area contributed by atoms with E-state index in [1.807, 2.05) is 36.8 Å². The lowest BCUT2D eigenvalue weighted by molar-refractivity contribution is 0.996. The van der Waals surface area contributed by atoms with E-state index >= 15 is 0 Å². The zero-order valence-corrected chi connectivity index (χ0v) is 34.5. The molecule has 7 aromatic carbocycles. The monoisotopic (exact) mass is 822 g/mol. The van der Waals surface area contributed by atoms with E-state index in [1.165, 1.54) is 25.6 Å². The average molecular weight is 823 g/mol. The number of pyridine rings is 2. The molecule has 0 aliphatic heterocycles. The zero-order valence-electron chi connectivity index (χ0n) is 33.7. The molecule has 0 atom stereocenters. The highest BCUT2D eigenvalue weighted by Gasteiger charge is 2.19. The summed E-state index contributed by atoms with van der Waals surface area (Å²) in [7, 11) is 0. The molecule has 0 unspecified atom stereocenters. The Morgan fingerprint density at radius 1 is 0.365 bits per heavy atom. The van der Waals surface area contributed by atoms with Gasteiger partial charge in [-0.3, -0.25) is 14.5 Å². The van der Waals surface area contributed by atoms with Crippen molar-refractivity contribution in [2.24, 2.45) is 0 Å². The zero-order chi connectivity index (χ0) is 41.4. The standard InChI is InChI=1S/C56H34N6S/c1-3-12-35(13-4-1)47-32-48(36-14-5-2-6-15-36)60-56(59-47)62-50-19-10-7-16-42(50)44-24-21-39(31-52(44)62)37-22-25-51-45(29-37)43-17-8-9-18-49(43)61(51)41-28-40(33-57-34-41)38-23-26-53-46(30-38)55-54(63-53)20-11-27-58-55/h1-34H. The molecule has 6 heterocycles. The van der Waals surface area contributed by atoms with Gasteiger partial charge in [0.1, 0.15) is 0 Å². The molecule has 0 saturated heterocycles. The second-order valence-corrected chi connectivity index (χ2v) is 17.0. The molecule has 0 spiro atoms. The number of hydrogen-bond donors (Lipinski definition) is 0. The van der Waals surface area contributed by atoms with Crippen LogP contribution in [0.15, 0.2) is 207 Å². The highest BCUT2D eigenvalue weighted by atomic mass is 32.1. The normalized spacial score (nSPS) is 11.8. The van der Waals surface area contributed by atoms with Crippen molar-refractivity contribution in [2.45, 2.75) is 0 Å². The Labute approximate surface area is 365 Å². The molecular weight excluding hydrogens is 789 g/mol. The first-order chi connectivity index (χ1) is 31.2. The molecule has 7 heteroatoms. The lowest BCUT2D eigenvalue weighted by Gasteiger charge is -2.12. The highest BCUT2D eigenvalue weighted by Crippen LogP contribution is 2.40. The summed E-state index contributed by atoms with van der Waals surface area (Å²) in [5.74, 6) is 0.633. The lowest BCUT2D eigenvalue weighted by atomic mass is 10.0. The molecule has 294 valence electrons. The summed E-state index contributed by atoms with van der Waals surface area (Å²) in [4.78, 5) is 20.1. The van der Waals surface area contributed by atoms with Crippen LogP contribution in [-0.4, -0.2) is 29.1 Å². The number of benzene rings is 7. The van der Waals surface area contributed by atoms with Crippen molar-refractivity contribution in [3.05, 3.63) is 207 Å². The lowest BCUT2D eigenvalue weighted by Crippen LogP contribution is -2.04. The second kappa shape index (κ2) is 14.2. The van der Waals surface area contributed by atoms with E-state index in [2.05, 4.69) is 179 Å². The Balaban J connectivity index is 0.961. The van der Waals surface area contributed by atoms with E-state index in [0.717, 1.165) is 88.8 Å². The van der Waals surface area contributed by atoms with Gasteiger partial charge in [0.2, 0.25) is 5.95 Å². The minimum Gasteiger partial charge on any atom is -0.308 e. The number of aromatic nitrogens is 6. The first-order valence-electron chi connectivity index (χ1n) is 21.0. The van der Waals surface area contributed by atoms with Gasteiger partial charge in [0.05, 0.1) is 55.6 Å². The van der Waals surface area contributed by atoms with Crippen molar-refractivity contribution in [1.29, 1.82) is 0 Å². The van der Waals surface area contributed by atoms with Gasteiger partial charge < -0.3 is 4.57 Å². The molecule has 13 rings (SSSR count). The van der Waals surface area contributed by atoms with Crippen molar-refractivity contribution in [3.8, 4) is 56.4 Å². The number of nitrogens with zero attached hydrogens (tertiary/aromatic N) is 6. The summed E-state index contributed by atoms with van der Waals surface area (Å²) in [6.45, 7) is 0. The number of rotatable bonds is 6. The SMILES string of the molecule is c1ccc(-c2cc(-c3ccccc3)nc(-n3c4ccccc4c4ccc(-c5ccc6c(c5)c5ccccc5n6-c5cncc(-c6ccc7sc8cccnc8c7c6)c5)cc43)n2)cc1. The molecule has 0 aliphatic rings. The van der Waals surface area contributed by atoms with Gasteiger partial charge in [0.25, 0.3) is 0 Å². The largest absolute Gasteiger partial charge is 0.308 e. The molecule has 0 aliphatic carbocycles. The molecule has 6 nitrogen and oxygen atoms in total. The molecule has 0 N–H and O–H groups in total. The Morgan fingerprint density at radius 2 is 0.968 bits per heavy atom. The van der Waals surface area contributed by atoms with E-state index in [9.17, 15) is 0 Å². The predicted octanol–water partition coefficient (Wildman–Crippen LogP) is 14.5. The fraction of sp³-hybridized carbons (Fsp3) is 0. The molecule has 13 aromatic rings. The molecule has 0 saturated carbocycles. The van der Waals surface area contributed by atoms with Crippen LogP contribution >= 0.6 is 11.3 Å². The molecule has 63 heavy (non-hydrogen) atoms. The van der Waals surface area contributed by atoms with Crippen molar-refractivity contribution < 1.29 is 0 Å². The van der Waals surface area contributed by atoms with Crippen LogP contribution < -0.4 is 0 Å². The highest BCUT2D eigenvalue weighted by molar-refractivity contribution is 7.25. The second-order valence-electron chi connectivity index (χ2n) is 15.9. The van der Waals surface area contributed by atoms with E-state index in [0.29, 0.717) is 5.95 Å². The van der Waals surface area contributed by atoms with Gasteiger partial charge >= 0.3 is 0 Å². The Hall–Kier alpha value is -8.26. The van der Waals surface area contributed by atoms with Gasteiger partial charge in [0.15, 0.2) is 0 Å². The predicted molar refractivity (Wildman–Crippen MR) is 261 cm³/mol. The minimum atomic E-state index is 0.633. The summed E-state index contributed by atoms with van der Waals surface area (Å²) < 4.78 is 7.00. The Morgan fingerprint density at radius 3 is 1.75 bits per heavy atom. The maximum atomic E-state index is 5.27. The van der Waals surface area contributed by atoms with Crippen LogP contribution in [0.4, 0.5) is 0 Å². The van der Waals surface area contributed by atoms with E-state index in [1.54, 1.807) is 11.3 Å². The minimum absolute atomic E-state index is 0.633. The van der Waals surface area contributed by atoms with E-state index < -0.39 is 0 Å². The van der Waals surface area contributed by atoms with Crippen molar-refractivity contribution in [3.63, 3.8) is 0 Å². The third-order valence-electron chi connectivity index (χ3n) is 12.3.